The number of likely N-dealkylation sites (N-methyl/N-ethyl adjacent to an activating group) is 1. The quantitative estimate of drug-likeness (QED) is 0.677. The van der Waals surface area contributed by atoms with Gasteiger partial charge in [0.05, 0.1) is 32.5 Å². The zero-order valence-electron chi connectivity index (χ0n) is 12.0. The fraction of sp³-hybridized carbons (Fsp3) is 1.00. The molecule has 0 radical (unpaired) electrons. The minimum absolute atomic E-state index is 0.348. The average Bonchev–Trinajstić information content (AvgIpc) is 2.36. The van der Waals surface area contributed by atoms with Crippen molar-refractivity contribution in [3.05, 3.63) is 0 Å². The molecule has 0 aromatic rings. The van der Waals surface area contributed by atoms with Gasteiger partial charge in [0.25, 0.3) is 0 Å². The molecule has 4 heteroatoms. The van der Waals surface area contributed by atoms with Gasteiger partial charge in [-0.3, -0.25) is 0 Å². The predicted molar refractivity (Wildman–Crippen MR) is 73.0 cm³/mol. The summed E-state index contributed by atoms with van der Waals surface area (Å²) in [7, 11) is 3.73. The largest absolute Gasteiger partial charge is 0.382 e. The Morgan fingerprint density at radius 3 is 2.39 bits per heavy atom. The van der Waals surface area contributed by atoms with Crippen LogP contribution in [0.25, 0.3) is 0 Å². The standard InChI is InChI=1S/C14H29NO3/c1-15-13-7-5-3-4-6-8-14(13)18-12-11-17-10-9-16-2/h13-15H,3-12H2,1-2H3. The van der Waals surface area contributed by atoms with Gasteiger partial charge in [-0.25, -0.2) is 0 Å². The van der Waals surface area contributed by atoms with E-state index in [4.69, 9.17) is 14.2 Å². The molecule has 0 saturated heterocycles. The van der Waals surface area contributed by atoms with Gasteiger partial charge < -0.3 is 19.5 Å². The van der Waals surface area contributed by atoms with Gasteiger partial charge in [0, 0.05) is 13.2 Å². The van der Waals surface area contributed by atoms with Crippen molar-refractivity contribution in [1.82, 2.24) is 5.32 Å². The van der Waals surface area contributed by atoms with Crippen molar-refractivity contribution < 1.29 is 14.2 Å². The monoisotopic (exact) mass is 259 g/mol. The minimum atomic E-state index is 0.348. The highest BCUT2D eigenvalue weighted by Crippen LogP contribution is 2.19. The van der Waals surface area contributed by atoms with E-state index in [0.717, 1.165) is 0 Å². The maximum atomic E-state index is 5.97. The number of hydrogen-bond donors (Lipinski definition) is 1. The van der Waals surface area contributed by atoms with Crippen LogP contribution in [0.15, 0.2) is 0 Å². The normalized spacial score (nSPS) is 25.7. The highest BCUT2D eigenvalue weighted by Gasteiger charge is 2.21. The molecule has 1 N–H and O–H groups in total. The van der Waals surface area contributed by atoms with E-state index in [1.165, 1.54) is 38.5 Å². The van der Waals surface area contributed by atoms with Crippen molar-refractivity contribution in [3.63, 3.8) is 0 Å². The van der Waals surface area contributed by atoms with E-state index >= 15 is 0 Å². The summed E-state index contributed by atoms with van der Waals surface area (Å²) in [6.45, 7) is 2.66. The molecule has 1 rings (SSSR count). The lowest BCUT2D eigenvalue weighted by Crippen LogP contribution is -2.40. The zero-order chi connectivity index (χ0) is 13.1. The lowest BCUT2D eigenvalue weighted by Gasteiger charge is -2.29. The first-order valence-electron chi connectivity index (χ1n) is 7.24. The molecule has 108 valence electrons. The van der Waals surface area contributed by atoms with Crippen LogP contribution in [0.3, 0.4) is 0 Å². The molecule has 0 heterocycles. The summed E-state index contributed by atoms with van der Waals surface area (Å²) >= 11 is 0. The van der Waals surface area contributed by atoms with Crippen LogP contribution in [0.5, 0.6) is 0 Å². The second-order valence-corrected chi connectivity index (χ2v) is 4.90. The highest BCUT2D eigenvalue weighted by atomic mass is 16.5. The van der Waals surface area contributed by atoms with Gasteiger partial charge in [-0.2, -0.15) is 0 Å². The van der Waals surface area contributed by atoms with Crippen LogP contribution < -0.4 is 5.32 Å². The molecule has 1 fully saturated rings. The molecular formula is C14H29NO3. The van der Waals surface area contributed by atoms with Crippen LogP contribution in [-0.2, 0) is 14.2 Å². The molecule has 4 nitrogen and oxygen atoms in total. The van der Waals surface area contributed by atoms with Crippen LogP contribution in [0.2, 0.25) is 0 Å². The Bertz CT molecular complexity index is 190. The average molecular weight is 259 g/mol. The Hall–Kier alpha value is -0.160. The summed E-state index contributed by atoms with van der Waals surface area (Å²) in [4.78, 5) is 0. The SMILES string of the molecule is CNC1CCCCCCC1OCCOCCOC. The third-order valence-corrected chi connectivity index (χ3v) is 3.56. The second-order valence-electron chi connectivity index (χ2n) is 4.90. The third kappa shape index (κ3) is 6.69. The topological polar surface area (TPSA) is 39.7 Å². The molecule has 0 aliphatic heterocycles. The lowest BCUT2D eigenvalue weighted by molar-refractivity contribution is -0.0255. The summed E-state index contributed by atoms with van der Waals surface area (Å²) in [6, 6.07) is 0.504. The molecule has 1 aliphatic rings. The number of ether oxygens (including phenoxy) is 3. The fourth-order valence-electron chi connectivity index (χ4n) is 2.48. The third-order valence-electron chi connectivity index (χ3n) is 3.56. The van der Waals surface area contributed by atoms with Crippen molar-refractivity contribution in [2.24, 2.45) is 0 Å². The summed E-state index contributed by atoms with van der Waals surface area (Å²) in [5.74, 6) is 0. The molecule has 18 heavy (non-hydrogen) atoms. The maximum absolute atomic E-state index is 5.97. The Kier molecular flexibility index (Phi) is 9.48. The maximum Gasteiger partial charge on any atom is 0.0729 e. The Morgan fingerprint density at radius 1 is 0.944 bits per heavy atom. The molecular weight excluding hydrogens is 230 g/mol. The van der Waals surface area contributed by atoms with Gasteiger partial charge in [-0.05, 0) is 19.9 Å². The molecule has 0 spiro atoms. The number of rotatable bonds is 8. The fourth-order valence-corrected chi connectivity index (χ4v) is 2.48. The molecule has 0 aromatic heterocycles. The van der Waals surface area contributed by atoms with E-state index in [9.17, 15) is 0 Å². The van der Waals surface area contributed by atoms with Gasteiger partial charge >= 0.3 is 0 Å². The van der Waals surface area contributed by atoms with Gasteiger partial charge in [0.2, 0.25) is 0 Å². The van der Waals surface area contributed by atoms with E-state index < -0.39 is 0 Å². The van der Waals surface area contributed by atoms with E-state index in [1.807, 2.05) is 7.05 Å². The van der Waals surface area contributed by atoms with E-state index in [0.29, 0.717) is 38.6 Å². The van der Waals surface area contributed by atoms with Gasteiger partial charge in [-0.1, -0.05) is 25.7 Å². The minimum Gasteiger partial charge on any atom is -0.382 e. The van der Waals surface area contributed by atoms with Gasteiger partial charge in [0.1, 0.15) is 0 Å². The molecule has 0 aromatic carbocycles. The Morgan fingerprint density at radius 2 is 1.67 bits per heavy atom. The first-order chi connectivity index (χ1) is 8.88. The van der Waals surface area contributed by atoms with Crippen LogP contribution in [-0.4, -0.2) is 52.7 Å². The second kappa shape index (κ2) is 10.7. The summed E-state index contributed by atoms with van der Waals surface area (Å²) in [6.07, 6.45) is 8.06. The van der Waals surface area contributed by atoms with Crippen molar-refractivity contribution in [1.29, 1.82) is 0 Å². The smallest absolute Gasteiger partial charge is 0.0729 e. The molecule has 2 atom stereocenters. The summed E-state index contributed by atoms with van der Waals surface area (Å²) in [5.41, 5.74) is 0. The highest BCUT2D eigenvalue weighted by molar-refractivity contribution is 4.78. The number of hydrogen-bond acceptors (Lipinski definition) is 4. The Labute approximate surface area is 111 Å². The van der Waals surface area contributed by atoms with Crippen molar-refractivity contribution in [2.75, 3.05) is 40.6 Å². The zero-order valence-corrected chi connectivity index (χ0v) is 12.0. The van der Waals surface area contributed by atoms with Crippen LogP contribution in [0, 0.1) is 0 Å². The molecule has 0 bridgehead atoms. The first kappa shape index (κ1) is 15.9. The van der Waals surface area contributed by atoms with Crippen LogP contribution in [0.1, 0.15) is 38.5 Å². The molecule has 1 saturated carbocycles. The van der Waals surface area contributed by atoms with Crippen molar-refractivity contribution in [3.8, 4) is 0 Å². The summed E-state index contributed by atoms with van der Waals surface area (Å²) < 4.78 is 16.3. The summed E-state index contributed by atoms with van der Waals surface area (Å²) in [5, 5.41) is 3.40. The Balaban J connectivity index is 2.15. The van der Waals surface area contributed by atoms with Gasteiger partial charge in [0.15, 0.2) is 0 Å². The van der Waals surface area contributed by atoms with Crippen molar-refractivity contribution >= 4 is 0 Å². The molecule has 0 amide bonds. The number of methoxy groups -OCH3 is 1. The number of nitrogens with one attached hydrogen (secondary N) is 1. The molecule has 1 aliphatic carbocycles. The van der Waals surface area contributed by atoms with Crippen LogP contribution in [0.4, 0.5) is 0 Å². The van der Waals surface area contributed by atoms with E-state index in [1.54, 1.807) is 7.11 Å². The lowest BCUT2D eigenvalue weighted by atomic mass is 9.94. The van der Waals surface area contributed by atoms with Crippen molar-refractivity contribution in [2.45, 2.75) is 50.7 Å². The van der Waals surface area contributed by atoms with Crippen LogP contribution >= 0.6 is 0 Å². The van der Waals surface area contributed by atoms with E-state index in [2.05, 4.69) is 5.32 Å². The first-order valence-corrected chi connectivity index (χ1v) is 7.24. The van der Waals surface area contributed by atoms with Gasteiger partial charge in [-0.15, -0.1) is 0 Å². The van der Waals surface area contributed by atoms with E-state index in [-0.39, 0.29) is 0 Å². The molecule has 2 unspecified atom stereocenters. The predicted octanol–water partition coefficient (Wildman–Crippen LogP) is 1.98.